The third-order valence-corrected chi connectivity index (χ3v) is 5.29. The first-order chi connectivity index (χ1) is 16.0. The molecule has 0 spiro atoms. The van der Waals surface area contributed by atoms with Crippen molar-refractivity contribution in [2.75, 3.05) is 5.73 Å². The smallest absolute Gasteiger partial charge is 0.326 e. The highest BCUT2D eigenvalue weighted by atomic mass is 16.4. The summed E-state index contributed by atoms with van der Waals surface area (Å²) in [6.07, 6.45) is 0.161. The lowest BCUT2D eigenvalue weighted by Gasteiger charge is -2.15. The Morgan fingerprint density at radius 3 is 2.09 bits per heavy atom. The van der Waals surface area contributed by atoms with Crippen molar-refractivity contribution < 1.29 is 14.7 Å². The summed E-state index contributed by atoms with van der Waals surface area (Å²) in [4.78, 5) is 29.0. The van der Waals surface area contributed by atoms with Gasteiger partial charge in [-0.2, -0.15) is 0 Å². The van der Waals surface area contributed by atoms with Crippen molar-refractivity contribution in [3.63, 3.8) is 0 Å². The quantitative estimate of drug-likeness (QED) is 0.371. The van der Waals surface area contributed by atoms with Crippen LogP contribution in [0.3, 0.4) is 0 Å². The number of nitrogens with two attached hydrogens (primary N) is 1. The summed E-state index contributed by atoms with van der Waals surface area (Å²) in [5.41, 5.74) is 10.9. The van der Waals surface area contributed by atoms with Gasteiger partial charge in [-0.1, -0.05) is 72.8 Å². The summed E-state index contributed by atoms with van der Waals surface area (Å²) < 4.78 is 0. The van der Waals surface area contributed by atoms with E-state index in [4.69, 9.17) is 5.73 Å². The van der Waals surface area contributed by atoms with Crippen LogP contribution in [0, 0.1) is 0 Å². The third-order valence-electron chi connectivity index (χ3n) is 5.29. The molecule has 0 bridgehead atoms. The molecule has 0 radical (unpaired) electrons. The number of nitrogens with one attached hydrogen (secondary N) is 1. The van der Waals surface area contributed by atoms with E-state index in [1.54, 1.807) is 30.3 Å². The number of carbonyl (C=O) groups is 2. The number of carboxylic acid groups (broad SMARTS) is 1. The molecule has 0 saturated heterocycles. The van der Waals surface area contributed by atoms with Gasteiger partial charge in [0.15, 0.2) is 0 Å². The van der Waals surface area contributed by atoms with E-state index in [0.29, 0.717) is 11.4 Å². The van der Waals surface area contributed by atoms with Gasteiger partial charge in [0.05, 0.1) is 5.69 Å². The predicted molar refractivity (Wildman–Crippen MR) is 129 cm³/mol. The fourth-order valence-corrected chi connectivity index (χ4v) is 3.51. The maximum atomic E-state index is 12.8. The molecule has 0 aliphatic carbocycles. The molecule has 3 aromatic carbocycles. The van der Waals surface area contributed by atoms with Crippen LogP contribution in [0.4, 0.5) is 5.69 Å². The van der Waals surface area contributed by atoms with Crippen LogP contribution in [0.1, 0.15) is 16.1 Å². The van der Waals surface area contributed by atoms with Crippen molar-refractivity contribution in [3.8, 4) is 22.4 Å². The van der Waals surface area contributed by atoms with Crippen molar-refractivity contribution in [3.05, 3.63) is 108 Å². The zero-order valence-electron chi connectivity index (χ0n) is 17.8. The molecule has 4 aromatic rings. The summed E-state index contributed by atoms with van der Waals surface area (Å²) in [5.74, 6) is -1.65. The first kappa shape index (κ1) is 21.8. The molecule has 4 rings (SSSR count). The lowest BCUT2D eigenvalue weighted by atomic mass is 10.0. The molecular formula is C27H23N3O3. The fraction of sp³-hybridized carbons (Fsp3) is 0.0741. The Morgan fingerprint density at radius 2 is 1.42 bits per heavy atom. The van der Waals surface area contributed by atoms with Crippen LogP contribution < -0.4 is 11.1 Å². The highest BCUT2D eigenvalue weighted by molar-refractivity contribution is 5.95. The van der Waals surface area contributed by atoms with Gasteiger partial charge in [-0.3, -0.25) is 4.79 Å². The zero-order valence-corrected chi connectivity index (χ0v) is 17.8. The Balaban J connectivity index is 1.47. The van der Waals surface area contributed by atoms with Crippen LogP contribution in [0.2, 0.25) is 0 Å². The number of pyridine rings is 1. The Kier molecular flexibility index (Phi) is 6.45. The highest BCUT2D eigenvalue weighted by Gasteiger charge is 2.22. The normalized spacial score (nSPS) is 11.5. The van der Waals surface area contributed by atoms with Crippen molar-refractivity contribution in [1.29, 1.82) is 0 Å². The highest BCUT2D eigenvalue weighted by Crippen LogP contribution is 2.21. The molecule has 1 aromatic heterocycles. The molecule has 164 valence electrons. The summed E-state index contributed by atoms with van der Waals surface area (Å²) in [5, 5.41) is 12.3. The van der Waals surface area contributed by atoms with E-state index in [1.165, 1.54) is 0 Å². The van der Waals surface area contributed by atoms with Gasteiger partial charge < -0.3 is 16.2 Å². The number of nitrogen functional groups attached to an aromatic ring is 1. The summed E-state index contributed by atoms with van der Waals surface area (Å²) in [6, 6.07) is 28.7. The van der Waals surface area contributed by atoms with Crippen LogP contribution in [0.5, 0.6) is 0 Å². The van der Waals surface area contributed by atoms with Crippen LogP contribution in [0.15, 0.2) is 97.1 Å². The minimum Gasteiger partial charge on any atom is -0.480 e. The number of anilines is 1. The molecule has 1 amide bonds. The number of rotatable bonds is 7. The number of hydrogen-bond donors (Lipinski definition) is 3. The van der Waals surface area contributed by atoms with Gasteiger partial charge in [0.2, 0.25) is 0 Å². The van der Waals surface area contributed by atoms with Gasteiger partial charge in [-0.25, -0.2) is 9.78 Å². The van der Waals surface area contributed by atoms with E-state index in [2.05, 4.69) is 10.3 Å². The van der Waals surface area contributed by atoms with Gasteiger partial charge in [0, 0.05) is 17.7 Å². The first-order valence-electron chi connectivity index (χ1n) is 10.5. The molecule has 1 atom stereocenters. The molecule has 0 aliphatic heterocycles. The molecule has 6 heteroatoms. The molecule has 4 N–H and O–H groups in total. The van der Waals surface area contributed by atoms with Crippen LogP contribution in [0.25, 0.3) is 22.4 Å². The van der Waals surface area contributed by atoms with E-state index in [1.807, 2.05) is 66.7 Å². The standard InChI is InChI=1S/C27H23N3O3/c28-22-15-13-21(14-16-22)23-7-4-8-24(29-23)26(31)30-25(27(32)33)17-18-9-11-20(12-10-18)19-5-2-1-3-6-19/h1-16,25H,17,28H2,(H,30,31)(H,32,33). The molecule has 1 heterocycles. The number of nitrogens with zero attached hydrogens (tertiary/aromatic N) is 1. The molecule has 0 fully saturated rings. The number of amides is 1. The maximum Gasteiger partial charge on any atom is 0.326 e. The van der Waals surface area contributed by atoms with Crippen LogP contribution >= 0.6 is 0 Å². The Morgan fingerprint density at radius 1 is 0.788 bits per heavy atom. The molecular weight excluding hydrogens is 414 g/mol. The predicted octanol–water partition coefficient (Wildman–Crippen LogP) is 4.42. The zero-order chi connectivity index (χ0) is 23.2. The van der Waals surface area contributed by atoms with Gasteiger partial charge in [-0.15, -0.1) is 0 Å². The summed E-state index contributed by atoms with van der Waals surface area (Å²) >= 11 is 0. The average Bonchev–Trinajstić information content (AvgIpc) is 2.85. The van der Waals surface area contributed by atoms with Gasteiger partial charge in [0.25, 0.3) is 5.91 Å². The van der Waals surface area contributed by atoms with Crippen molar-refractivity contribution >= 4 is 17.6 Å². The molecule has 0 saturated carbocycles. The number of carboxylic acids is 1. The largest absolute Gasteiger partial charge is 0.480 e. The van der Waals surface area contributed by atoms with E-state index in [9.17, 15) is 14.7 Å². The first-order valence-corrected chi connectivity index (χ1v) is 10.5. The van der Waals surface area contributed by atoms with E-state index in [0.717, 1.165) is 22.3 Å². The topological polar surface area (TPSA) is 105 Å². The van der Waals surface area contributed by atoms with Gasteiger partial charge in [0.1, 0.15) is 11.7 Å². The molecule has 33 heavy (non-hydrogen) atoms. The summed E-state index contributed by atoms with van der Waals surface area (Å²) in [6.45, 7) is 0. The Bertz CT molecular complexity index is 1250. The SMILES string of the molecule is Nc1ccc(-c2cccc(C(=O)NC(Cc3ccc(-c4ccccc4)cc3)C(=O)O)n2)cc1. The second kappa shape index (κ2) is 9.78. The Labute approximate surface area is 191 Å². The third kappa shape index (κ3) is 5.43. The molecule has 0 aliphatic rings. The van der Waals surface area contributed by atoms with Gasteiger partial charge >= 0.3 is 5.97 Å². The van der Waals surface area contributed by atoms with Crippen molar-refractivity contribution in [2.45, 2.75) is 12.5 Å². The Hall–Kier alpha value is -4.45. The maximum absolute atomic E-state index is 12.8. The average molecular weight is 437 g/mol. The van der Waals surface area contributed by atoms with Crippen LogP contribution in [-0.4, -0.2) is 28.0 Å². The summed E-state index contributed by atoms with van der Waals surface area (Å²) in [7, 11) is 0. The molecule has 1 unspecified atom stereocenters. The second-order valence-electron chi connectivity index (χ2n) is 7.66. The molecule has 6 nitrogen and oxygen atoms in total. The van der Waals surface area contributed by atoms with E-state index >= 15 is 0 Å². The minimum absolute atomic E-state index is 0.148. The lowest BCUT2D eigenvalue weighted by molar-refractivity contribution is -0.139. The number of aromatic nitrogens is 1. The fourth-order valence-electron chi connectivity index (χ4n) is 3.51. The number of carbonyl (C=O) groups excluding carboxylic acids is 1. The minimum atomic E-state index is -1.11. The monoisotopic (exact) mass is 437 g/mol. The number of aliphatic carboxylic acids is 1. The van der Waals surface area contributed by atoms with E-state index in [-0.39, 0.29) is 12.1 Å². The van der Waals surface area contributed by atoms with Gasteiger partial charge in [-0.05, 0) is 41.0 Å². The number of hydrogen-bond acceptors (Lipinski definition) is 4. The number of benzene rings is 3. The second-order valence-corrected chi connectivity index (χ2v) is 7.66. The lowest BCUT2D eigenvalue weighted by Crippen LogP contribution is -2.42. The van der Waals surface area contributed by atoms with Crippen LogP contribution in [-0.2, 0) is 11.2 Å². The van der Waals surface area contributed by atoms with Crippen molar-refractivity contribution in [1.82, 2.24) is 10.3 Å². The van der Waals surface area contributed by atoms with E-state index < -0.39 is 17.9 Å². The van der Waals surface area contributed by atoms with Crippen molar-refractivity contribution in [2.24, 2.45) is 0 Å².